The average Bonchev–Trinajstić information content (AvgIpc) is 2.48. The standard InChI is InChI=1S/C14H27NO6/c1-19-7-12(16)8-20-9-13(17)10-21-11-14(18)15-5-3-2-4-6-15/h12-13,16-17H,2-11H2,1H3. The first-order valence-electron chi connectivity index (χ1n) is 7.41. The summed E-state index contributed by atoms with van der Waals surface area (Å²) in [5.74, 6) is -0.0293. The molecule has 21 heavy (non-hydrogen) atoms. The van der Waals surface area contributed by atoms with Gasteiger partial charge < -0.3 is 29.3 Å². The molecule has 7 heteroatoms. The second-order valence-corrected chi connectivity index (χ2v) is 5.26. The van der Waals surface area contributed by atoms with Crippen molar-refractivity contribution in [2.45, 2.75) is 31.5 Å². The van der Waals surface area contributed by atoms with Gasteiger partial charge in [-0.1, -0.05) is 0 Å². The molecule has 1 saturated heterocycles. The van der Waals surface area contributed by atoms with Crippen molar-refractivity contribution in [1.29, 1.82) is 0 Å². The van der Waals surface area contributed by atoms with Gasteiger partial charge in [-0.25, -0.2) is 0 Å². The van der Waals surface area contributed by atoms with Gasteiger partial charge in [-0.05, 0) is 19.3 Å². The molecule has 1 amide bonds. The lowest BCUT2D eigenvalue weighted by atomic mass is 10.1. The predicted molar refractivity (Wildman–Crippen MR) is 76.0 cm³/mol. The van der Waals surface area contributed by atoms with Crippen LogP contribution in [0.5, 0.6) is 0 Å². The number of likely N-dealkylation sites (tertiary alicyclic amines) is 1. The predicted octanol–water partition coefficient (Wildman–Crippen LogP) is -0.600. The molecule has 1 aliphatic heterocycles. The number of nitrogens with zero attached hydrogens (tertiary/aromatic N) is 1. The maximum atomic E-state index is 11.8. The van der Waals surface area contributed by atoms with Crippen LogP contribution in [0.4, 0.5) is 0 Å². The first-order chi connectivity index (χ1) is 10.1. The molecule has 0 radical (unpaired) electrons. The fraction of sp³-hybridized carbons (Fsp3) is 0.929. The van der Waals surface area contributed by atoms with Gasteiger partial charge in [-0.15, -0.1) is 0 Å². The summed E-state index contributed by atoms with van der Waals surface area (Å²) >= 11 is 0. The van der Waals surface area contributed by atoms with E-state index < -0.39 is 12.2 Å². The maximum absolute atomic E-state index is 11.8. The van der Waals surface area contributed by atoms with Gasteiger partial charge in [-0.2, -0.15) is 0 Å². The number of aliphatic hydroxyl groups excluding tert-OH is 2. The molecule has 7 nitrogen and oxygen atoms in total. The van der Waals surface area contributed by atoms with Crippen molar-refractivity contribution in [2.75, 3.05) is 53.2 Å². The maximum Gasteiger partial charge on any atom is 0.248 e. The van der Waals surface area contributed by atoms with Gasteiger partial charge >= 0.3 is 0 Å². The van der Waals surface area contributed by atoms with E-state index in [0.717, 1.165) is 25.9 Å². The van der Waals surface area contributed by atoms with Crippen LogP contribution in [0.3, 0.4) is 0 Å². The van der Waals surface area contributed by atoms with Gasteiger partial charge in [0.2, 0.25) is 5.91 Å². The van der Waals surface area contributed by atoms with Crippen LogP contribution in [-0.2, 0) is 19.0 Å². The number of piperidine rings is 1. The summed E-state index contributed by atoms with van der Waals surface area (Å²) in [5.41, 5.74) is 0. The molecule has 2 atom stereocenters. The van der Waals surface area contributed by atoms with Crippen molar-refractivity contribution in [3.05, 3.63) is 0 Å². The Morgan fingerprint density at radius 3 is 2.19 bits per heavy atom. The smallest absolute Gasteiger partial charge is 0.248 e. The molecule has 0 aromatic carbocycles. The summed E-state index contributed by atoms with van der Waals surface area (Å²) in [4.78, 5) is 13.6. The van der Waals surface area contributed by atoms with Crippen molar-refractivity contribution in [2.24, 2.45) is 0 Å². The van der Waals surface area contributed by atoms with E-state index >= 15 is 0 Å². The van der Waals surface area contributed by atoms with Crippen LogP contribution in [0.15, 0.2) is 0 Å². The Labute approximate surface area is 125 Å². The third-order valence-corrected chi connectivity index (χ3v) is 3.22. The van der Waals surface area contributed by atoms with Crippen LogP contribution in [0.25, 0.3) is 0 Å². The van der Waals surface area contributed by atoms with Gasteiger partial charge in [0.05, 0.1) is 26.4 Å². The second-order valence-electron chi connectivity index (χ2n) is 5.26. The highest BCUT2D eigenvalue weighted by Crippen LogP contribution is 2.08. The third kappa shape index (κ3) is 8.33. The number of hydrogen-bond acceptors (Lipinski definition) is 6. The van der Waals surface area contributed by atoms with Gasteiger partial charge in [0.15, 0.2) is 0 Å². The zero-order valence-electron chi connectivity index (χ0n) is 12.7. The highest BCUT2D eigenvalue weighted by molar-refractivity contribution is 5.77. The molecule has 0 aromatic heterocycles. The minimum Gasteiger partial charge on any atom is -0.388 e. The van der Waals surface area contributed by atoms with E-state index in [0.29, 0.717) is 0 Å². The quantitative estimate of drug-likeness (QED) is 0.560. The molecule has 0 saturated carbocycles. The number of ether oxygens (including phenoxy) is 3. The summed E-state index contributed by atoms with van der Waals surface area (Å²) in [7, 11) is 1.49. The Hall–Kier alpha value is -0.730. The number of carbonyl (C=O) groups is 1. The molecule has 0 spiro atoms. The van der Waals surface area contributed by atoms with E-state index in [1.807, 2.05) is 0 Å². The molecule has 1 aliphatic rings. The molecule has 1 heterocycles. The monoisotopic (exact) mass is 305 g/mol. The number of carbonyl (C=O) groups excluding carboxylic acids is 1. The van der Waals surface area contributed by atoms with E-state index in [4.69, 9.17) is 14.2 Å². The first-order valence-corrected chi connectivity index (χ1v) is 7.41. The lowest BCUT2D eigenvalue weighted by Crippen LogP contribution is -2.38. The van der Waals surface area contributed by atoms with E-state index in [9.17, 15) is 15.0 Å². The van der Waals surface area contributed by atoms with Crippen LogP contribution in [-0.4, -0.2) is 86.5 Å². The van der Waals surface area contributed by atoms with Crippen molar-refractivity contribution >= 4 is 5.91 Å². The molecule has 2 N–H and O–H groups in total. The second kappa shape index (κ2) is 10.9. The van der Waals surface area contributed by atoms with Gasteiger partial charge in [0, 0.05) is 20.2 Å². The van der Waals surface area contributed by atoms with Crippen LogP contribution in [0.1, 0.15) is 19.3 Å². The molecule has 124 valence electrons. The topological polar surface area (TPSA) is 88.5 Å². The van der Waals surface area contributed by atoms with Crippen LogP contribution in [0.2, 0.25) is 0 Å². The zero-order chi connectivity index (χ0) is 15.5. The first kappa shape index (κ1) is 18.3. The summed E-state index contributed by atoms with van der Waals surface area (Å²) in [6.07, 6.45) is 1.76. The summed E-state index contributed by atoms with van der Waals surface area (Å²) < 4.78 is 15.1. The van der Waals surface area contributed by atoms with Crippen molar-refractivity contribution < 1.29 is 29.2 Å². The molecule has 1 fully saturated rings. The number of aliphatic hydroxyl groups is 2. The number of hydrogen-bond donors (Lipinski definition) is 2. The Morgan fingerprint density at radius 1 is 1.00 bits per heavy atom. The van der Waals surface area contributed by atoms with Crippen molar-refractivity contribution in [3.8, 4) is 0 Å². The lowest BCUT2D eigenvalue weighted by Gasteiger charge is -2.26. The molecular weight excluding hydrogens is 278 g/mol. The lowest BCUT2D eigenvalue weighted by molar-refractivity contribution is -0.138. The summed E-state index contributed by atoms with van der Waals surface area (Å²) in [6.45, 7) is 1.97. The minimum atomic E-state index is -0.811. The number of rotatable bonds is 10. The van der Waals surface area contributed by atoms with Crippen LogP contribution < -0.4 is 0 Å². The van der Waals surface area contributed by atoms with E-state index in [1.165, 1.54) is 13.5 Å². The molecule has 1 rings (SSSR count). The number of amides is 1. The summed E-state index contributed by atoms with van der Waals surface area (Å²) in [6, 6.07) is 0. The molecule has 0 aromatic rings. The van der Waals surface area contributed by atoms with Crippen LogP contribution >= 0.6 is 0 Å². The van der Waals surface area contributed by atoms with E-state index in [2.05, 4.69) is 0 Å². The molecular formula is C14H27NO6. The Bertz CT molecular complexity index is 283. The van der Waals surface area contributed by atoms with Crippen molar-refractivity contribution in [3.63, 3.8) is 0 Å². The Morgan fingerprint density at radius 2 is 1.57 bits per heavy atom. The average molecular weight is 305 g/mol. The number of methoxy groups -OCH3 is 1. The zero-order valence-corrected chi connectivity index (χ0v) is 12.7. The van der Waals surface area contributed by atoms with Gasteiger partial charge in [0.25, 0.3) is 0 Å². The van der Waals surface area contributed by atoms with Gasteiger partial charge in [-0.3, -0.25) is 4.79 Å². The normalized spacial score (nSPS) is 18.5. The fourth-order valence-corrected chi connectivity index (χ4v) is 2.15. The Balaban J connectivity index is 2.02. The third-order valence-electron chi connectivity index (χ3n) is 3.22. The van der Waals surface area contributed by atoms with Crippen molar-refractivity contribution in [1.82, 2.24) is 4.90 Å². The minimum absolute atomic E-state index is 0.0106. The van der Waals surface area contributed by atoms with Gasteiger partial charge in [0.1, 0.15) is 18.8 Å². The molecule has 2 unspecified atom stereocenters. The SMILES string of the molecule is COCC(O)COCC(O)COCC(=O)N1CCCCC1. The Kier molecular flexibility index (Phi) is 9.53. The highest BCUT2D eigenvalue weighted by Gasteiger charge is 2.17. The van der Waals surface area contributed by atoms with E-state index in [1.54, 1.807) is 4.90 Å². The molecule has 0 bridgehead atoms. The fourth-order valence-electron chi connectivity index (χ4n) is 2.15. The van der Waals surface area contributed by atoms with E-state index in [-0.39, 0.29) is 38.9 Å². The van der Waals surface area contributed by atoms with Crippen LogP contribution in [0, 0.1) is 0 Å². The highest BCUT2D eigenvalue weighted by atomic mass is 16.5. The molecule has 0 aliphatic carbocycles. The summed E-state index contributed by atoms with van der Waals surface area (Å²) in [5, 5.41) is 19.0. The largest absolute Gasteiger partial charge is 0.388 e.